The summed E-state index contributed by atoms with van der Waals surface area (Å²) in [7, 11) is 0. The molecule has 0 aromatic carbocycles. The highest BCUT2D eigenvalue weighted by Crippen LogP contribution is 1.88. The van der Waals surface area contributed by atoms with Crippen molar-refractivity contribution in [3.05, 3.63) is 18.2 Å². The number of hydrogen-bond acceptors (Lipinski definition) is 3. The van der Waals surface area contributed by atoms with Crippen molar-refractivity contribution in [3.63, 3.8) is 0 Å². The second-order valence-corrected chi connectivity index (χ2v) is 2.11. The normalized spacial score (nSPS) is 9.33. The van der Waals surface area contributed by atoms with Crippen molar-refractivity contribution in [2.45, 2.75) is 0 Å². The van der Waals surface area contributed by atoms with Crippen molar-refractivity contribution in [3.8, 4) is 0 Å². The van der Waals surface area contributed by atoms with Crippen molar-refractivity contribution < 1.29 is 9.59 Å². The molecule has 0 atom stereocenters. The molecular formula is C6H8N4O2. The van der Waals surface area contributed by atoms with Gasteiger partial charge in [-0.1, -0.05) is 0 Å². The molecule has 1 rings (SSSR count). The van der Waals surface area contributed by atoms with Gasteiger partial charge in [0.25, 0.3) is 5.91 Å². The van der Waals surface area contributed by atoms with Gasteiger partial charge in [0.15, 0.2) is 0 Å². The van der Waals surface area contributed by atoms with Crippen molar-refractivity contribution in [2.75, 3.05) is 6.54 Å². The predicted molar refractivity (Wildman–Crippen MR) is 40.1 cm³/mol. The average Bonchev–Trinajstić information content (AvgIpc) is 2.51. The zero-order valence-corrected chi connectivity index (χ0v) is 6.20. The molecule has 0 spiro atoms. The molecule has 1 aromatic rings. The SMILES string of the molecule is NC(=O)CNC(=O)c1cnc[nH]1. The second-order valence-electron chi connectivity index (χ2n) is 2.11. The van der Waals surface area contributed by atoms with Crippen LogP contribution >= 0.6 is 0 Å². The molecule has 0 aliphatic rings. The summed E-state index contributed by atoms with van der Waals surface area (Å²) in [4.78, 5) is 27.5. The van der Waals surface area contributed by atoms with Crippen LogP contribution in [0.25, 0.3) is 0 Å². The first-order chi connectivity index (χ1) is 5.70. The summed E-state index contributed by atoms with van der Waals surface area (Å²) in [5.74, 6) is -0.978. The van der Waals surface area contributed by atoms with Crippen LogP contribution in [0.5, 0.6) is 0 Å². The lowest BCUT2D eigenvalue weighted by Gasteiger charge is -1.98. The molecule has 0 aliphatic heterocycles. The minimum atomic E-state index is -0.581. The number of imidazole rings is 1. The van der Waals surface area contributed by atoms with Crippen LogP contribution in [0.2, 0.25) is 0 Å². The average molecular weight is 168 g/mol. The number of aromatic amines is 1. The Morgan fingerprint density at radius 1 is 1.67 bits per heavy atom. The van der Waals surface area contributed by atoms with Gasteiger partial charge in [-0.15, -0.1) is 0 Å². The van der Waals surface area contributed by atoms with Crippen LogP contribution in [0.3, 0.4) is 0 Å². The molecule has 64 valence electrons. The van der Waals surface area contributed by atoms with Gasteiger partial charge in [0.2, 0.25) is 5.91 Å². The first-order valence-electron chi connectivity index (χ1n) is 3.25. The van der Waals surface area contributed by atoms with E-state index < -0.39 is 11.8 Å². The Balaban J connectivity index is 2.45. The number of aromatic nitrogens is 2. The predicted octanol–water partition coefficient (Wildman–Crippen LogP) is -1.38. The zero-order chi connectivity index (χ0) is 8.97. The van der Waals surface area contributed by atoms with E-state index in [0.29, 0.717) is 5.69 Å². The van der Waals surface area contributed by atoms with Crippen LogP contribution in [0.15, 0.2) is 12.5 Å². The van der Waals surface area contributed by atoms with Crippen molar-refractivity contribution in [1.82, 2.24) is 15.3 Å². The van der Waals surface area contributed by atoms with Crippen molar-refractivity contribution in [2.24, 2.45) is 5.73 Å². The van der Waals surface area contributed by atoms with Crippen molar-refractivity contribution in [1.29, 1.82) is 0 Å². The molecule has 0 saturated carbocycles. The zero-order valence-electron chi connectivity index (χ0n) is 6.20. The lowest BCUT2D eigenvalue weighted by Crippen LogP contribution is -2.33. The third kappa shape index (κ3) is 2.08. The Hall–Kier alpha value is -1.85. The van der Waals surface area contributed by atoms with E-state index in [9.17, 15) is 9.59 Å². The molecule has 0 bridgehead atoms. The largest absolute Gasteiger partial charge is 0.368 e. The van der Waals surface area contributed by atoms with E-state index in [1.165, 1.54) is 12.5 Å². The highest BCUT2D eigenvalue weighted by molar-refractivity contribution is 5.94. The lowest BCUT2D eigenvalue weighted by molar-refractivity contribution is -0.117. The number of nitrogens with zero attached hydrogens (tertiary/aromatic N) is 1. The summed E-state index contributed by atoms with van der Waals surface area (Å²) >= 11 is 0. The maximum absolute atomic E-state index is 11.0. The maximum atomic E-state index is 11.0. The second kappa shape index (κ2) is 3.51. The number of nitrogens with two attached hydrogens (primary N) is 1. The highest BCUT2D eigenvalue weighted by Gasteiger charge is 2.05. The van der Waals surface area contributed by atoms with E-state index in [1.54, 1.807) is 0 Å². The molecule has 4 N–H and O–H groups in total. The molecule has 0 radical (unpaired) electrons. The lowest BCUT2D eigenvalue weighted by atomic mass is 10.4. The van der Waals surface area contributed by atoms with Crippen LogP contribution in [0.1, 0.15) is 10.5 Å². The summed E-state index contributed by atoms with van der Waals surface area (Å²) in [6, 6.07) is 0. The fourth-order valence-corrected chi connectivity index (χ4v) is 0.643. The minimum Gasteiger partial charge on any atom is -0.368 e. The number of nitrogens with one attached hydrogen (secondary N) is 2. The summed E-state index contributed by atoms with van der Waals surface area (Å²) in [6.07, 6.45) is 2.73. The molecule has 2 amide bonds. The van der Waals surface area contributed by atoms with Gasteiger partial charge < -0.3 is 16.0 Å². The molecule has 0 unspecified atom stereocenters. The Bertz CT molecular complexity index is 280. The van der Waals surface area contributed by atoms with Crippen LogP contribution in [-0.4, -0.2) is 28.3 Å². The van der Waals surface area contributed by atoms with Gasteiger partial charge in [0.05, 0.1) is 19.1 Å². The summed E-state index contributed by atoms with van der Waals surface area (Å²) in [6.45, 7) is -0.169. The van der Waals surface area contributed by atoms with Crippen LogP contribution in [-0.2, 0) is 4.79 Å². The van der Waals surface area contributed by atoms with Gasteiger partial charge in [-0.3, -0.25) is 9.59 Å². The van der Waals surface area contributed by atoms with Crippen LogP contribution in [0, 0.1) is 0 Å². The number of amides is 2. The summed E-state index contributed by atoms with van der Waals surface area (Å²) < 4.78 is 0. The van der Waals surface area contributed by atoms with Gasteiger partial charge in [-0.25, -0.2) is 4.98 Å². The number of hydrogen-bond donors (Lipinski definition) is 3. The van der Waals surface area contributed by atoms with Gasteiger partial charge in [-0.05, 0) is 0 Å². The molecule has 1 aromatic heterocycles. The van der Waals surface area contributed by atoms with Crippen LogP contribution in [0.4, 0.5) is 0 Å². The fraction of sp³-hybridized carbons (Fsp3) is 0.167. The maximum Gasteiger partial charge on any atom is 0.269 e. The van der Waals surface area contributed by atoms with Gasteiger partial charge in [0, 0.05) is 0 Å². The third-order valence-corrected chi connectivity index (χ3v) is 1.17. The molecule has 1 heterocycles. The highest BCUT2D eigenvalue weighted by atomic mass is 16.2. The number of carbonyl (C=O) groups excluding carboxylic acids is 2. The Labute approximate surface area is 68.2 Å². The van der Waals surface area contributed by atoms with E-state index in [1.807, 2.05) is 0 Å². The minimum absolute atomic E-state index is 0.169. The summed E-state index contributed by atoms with van der Waals surface area (Å²) in [5.41, 5.74) is 5.12. The fourth-order valence-electron chi connectivity index (χ4n) is 0.643. The monoisotopic (exact) mass is 168 g/mol. The quantitative estimate of drug-likeness (QED) is 0.518. The smallest absolute Gasteiger partial charge is 0.269 e. The summed E-state index contributed by atoms with van der Waals surface area (Å²) in [5, 5.41) is 2.30. The first-order valence-corrected chi connectivity index (χ1v) is 3.25. The number of carbonyl (C=O) groups is 2. The van der Waals surface area contributed by atoms with E-state index in [4.69, 9.17) is 5.73 Å². The molecule has 6 nitrogen and oxygen atoms in total. The molecule has 6 heteroatoms. The van der Waals surface area contributed by atoms with Gasteiger partial charge >= 0.3 is 0 Å². The van der Waals surface area contributed by atoms with E-state index in [0.717, 1.165) is 0 Å². The number of rotatable bonds is 3. The third-order valence-electron chi connectivity index (χ3n) is 1.17. The first kappa shape index (κ1) is 8.25. The Morgan fingerprint density at radius 3 is 2.92 bits per heavy atom. The van der Waals surface area contributed by atoms with Gasteiger partial charge in [0.1, 0.15) is 5.69 Å². The molecule has 0 fully saturated rings. The standard InChI is InChI=1S/C6H8N4O2/c7-5(11)2-9-6(12)4-1-8-3-10-4/h1,3H,2H2,(H2,7,11)(H,8,10)(H,9,12). The Morgan fingerprint density at radius 2 is 2.42 bits per heavy atom. The van der Waals surface area contributed by atoms with Crippen LogP contribution < -0.4 is 11.1 Å². The van der Waals surface area contributed by atoms with Crippen molar-refractivity contribution >= 4 is 11.8 Å². The van der Waals surface area contributed by atoms with Gasteiger partial charge in [-0.2, -0.15) is 0 Å². The van der Waals surface area contributed by atoms with E-state index in [-0.39, 0.29) is 6.54 Å². The number of H-pyrrole nitrogens is 1. The molecule has 0 aliphatic carbocycles. The Kier molecular flexibility index (Phi) is 2.42. The van der Waals surface area contributed by atoms with E-state index >= 15 is 0 Å². The topological polar surface area (TPSA) is 101 Å². The molecule has 0 saturated heterocycles. The number of primary amides is 1. The molecule has 12 heavy (non-hydrogen) atoms. The molecular weight excluding hydrogens is 160 g/mol. The van der Waals surface area contributed by atoms with E-state index in [2.05, 4.69) is 15.3 Å².